The molecule has 0 aromatic carbocycles. The highest BCUT2D eigenvalue weighted by atomic mass is 16.4. The number of hydrogen-bond acceptors (Lipinski definition) is 4. The fourth-order valence-electron chi connectivity index (χ4n) is 1.90. The van der Waals surface area contributed by atoms with E-state index < -0.39 is 18.0 Å². The number of amides is 1. The van der Waals surface area contributed by atoms with Gasteiger partial charge in [-0.05, 0) is 32.2 Å². The van der Waals surface area contributed by atoms with Gasteiger partial charge in [-0.2, -0.15) is 0 Å². The number of carbonyl (C=O) groups excluding carboxylic acids is 1. The van der Waals surface area contributed by atoms with Gasteiger partial charge in [0, 0.05) is 6.42 Å². The second-order valence-corrected chi connectivity index (χ2v) is 4.33. The summed E-state index contributed by atoms with van der Waals surface area (Å²) in [7, 11) is 0. The summed E-state index contributed by atoms with van der Waals surface area (Å²) < 4.78 is 0. The average Bonchev–Trinajstić information content (AvgIpc) is 2.80. The largest absolute Gasteiger partial charge is 0.481 e. The molecule has 0 saturated carbocycles. The standard InChI is InChI=1S/C11H18N2O5/c14-9(15)5-1-3-8(11(17)18)13-10(16)7-4-2-6-12-7/h7-8,12H,1-6H2,(H,13,16)(H,14,15)(H,17,18)/t7?,8-/m1/s1. The molecule has 0 spiro atoms. The van der Waals surface area contributed by atoms with Gasteiger partial charge in [0.05, 0.1) is 6.04 Å². The van der Waals surface area contributed by atoms with E-state index in [1.807, 2.05) is 0 Å². The van der Waals surface area contributed by atoms with Gasteiger partial charge < -0.3 is 20.8 Å². The molecular weight excluding hydrogens is 240 g/mol. The zero-order chi connectivity index (χ0) is 13.5. The number of nitrogens with one attached hydrogen (secondary N) is 2. The van der Waals surface area contributed by atoms with Crippen molar-refractivity contribution in [1.29, 1.82) is 0 Å². The first-order valence-corrected chi connectivity index (χ1v) is 5.99. The molecule has 0 radical (unpaired) electrons. The molecular formula is C11H18N2O5. The molecule has 1 saturated heterocycles. The minimum atomic E-state index is -1.13. The van der Waals surface area contributed by atoms with Crippen molar-refractivity contribution in [1.82, 2.24) is 10.6 Å². The van der Waals surface area contributed by atoms with E-state index in [1.54, 1.807) is 0 Å². The third-order valence-electron chi connectivity index (χ3n) is 2.87. The molecule has 7 nitrogen and oxygen atoms in total. The second kappa shape index (κ2) is 6.95. The van der Waals surface area contributed by atoms with Gasteiger partial charge in [-0.3, -0.25) is 9.59 Å². The van der Waals surface area contributed by atoms with Crippen LogP contribution in [0.2, 0.25) is 0 Å². The van der Waals surface area contributed by atoms with Crippen molar-refractivity contribution < 1.29 is 24.6 Å². The van der Waals surface area contributed by atoms with Crippen LogP contribution in [-0.2, 0) is 14.4 Å². The molecule has 0 aliphatic carbocycles. The van der Waals surface area contributed by atoms with E-state index in [0.29, 0.717) is 6.42 Å². The smallest absolute Gasteiger partial charge is 0.326 e. The lowest BCUT2D eigenvalue weighted by molar-refractivity contribution is -0.143. The first-order chi connectivity index (χ1) is 8.50. The second-order valence-electron chi connectivity index (χ2n) is 4.33. The molecule has 7 heteroatoms. The molecule has 0 aromatic rings. The Balaban J connectivity index is 2.39. The number of hydrogen-bond donors (Lipinski definition) is 4. The number of aliphatic carboxylic acids is 2. The Labute approximate surface area is 105 Å². The van der Waals surface area contributed by atoms with Crippen LogP contribution >= 0.6 is 0 Å². The Hall–Kier alpha value is -1.63. The number of carboxylic acids is 2. The molecule has 1 amide bonds. The number of carbonyl (C=O) groups is 3. The molecule has 0 bridgehead atoms. The highest BCUT2D eigenvalue weighted by Crippen LogP contribution is 2.07. The highest BCUT2D eigenvalue weighted by molar-refractivity contribution is 5.87. The van der Waals surface area contributed by atoms with E-state index >= 15 is 0 Å². The Kier molecular flexibility index (Phi) is 5.57. The fraction of sp³-hybridized carbons (Fsp3) is 0.727. The summed E-state index contributed by atoms with van der Waals surface area (Å²) >= 11 is 0. The molecule has 1 fully saturated rings. The van der Waals surface area contributed by atoms with Crippen LogP contribution in [0.1, 0.15) is 32.1 Å². The lowest BCUT2D eigenvalue weighted by Gasteiger charge is -2.17. The summed E-state index contributed by atoms with van der Waals surface area (Å²) in [5.41, 5.74) is 0. The van der Waals surface area contributed by atoms with Gasteiger partial charge in [-0.1, -0.05) is 0 Å². The van der Waals surface area contributed by atoms with Crippen LogP contribution in [0.5, 0.6) is 0 Å². The van der Waals surface area contributed by atoms with Gasteiger partial charge in [0.2, 0.25) is 5.91 Å². The zero-order valence-corrected chi connectivity index (χ0v) is 10.0. The van der Waals surface area contributed by atoms with E-state index in [2.05, 4.69) is 10.6 Å². The SMILES string of the molecule is O=C(O)CCC[C@@H](NC(=O)C1CCCN1)C(=O)O. The Bertz CT molecular complexity index is 325. The zero-order valence-electron chi connectivity index (χ0n) is 10.0. The lowest BCUT2D eigenvalue weighted by atomic mass is 10.1. The lowest BCUT2D eigenvalue weighted by Crippen LogP contribution is -2.48. The Morgan fingerprint density at radius 3 is 2.56 bits per heavy atom. The molecule has 1 unspecified atom stereocenters. The molecule has 2 atom stereocenters. The van der Waals surface area contributed by atoms with Crippen LogP contribution in [-0.4, -0.2) is 46.7 Å². The topological polar surface area (TPSA) is 116 Å². The van der Waals surface area contributed by atoms with Crippen LogP contribution < -0.4 is 10.6 Å². The van der Waals surface area contributed by atoms with Crippen molar-refractivity contribution in [3.63, 3.8) is 0 Å². The maximum atomic E-state index is 11.7. The van der Waals surface area contributed by atoms with Crippen LogP contribution in [0, 0.1) is 0 Å². The van der Waals surface area contributed by atoms with Gasteiger partial charge >= 0.3 is 11.9 Å². The van der Waals surface area contributed by atoms with E-state index in [9.17, 15) is 14.4 Å². The molecule has 0 aromatic heterocycles. The Morgan fingerprint density at radius 1 is 1.33 bits per heavy atom. The first kappa shape index (κ1) is 14.4. The molecule has 18 heavy (non-hydrogen) atoms. The summed E-state index contributed by atoms with van der Waals surface area (Å²) in [6.45, 7) is 0.759. The van der Waals surface area contributed by atoms with Crippen molar-refractivity contribution in [2.45, 2.75) is 44.2 Å². The van der Waals surface area contributed by atoms with Crippen molar-refractivity contribution in [3.8, 4) is 0 Å². The maximum absolute atomic E-state index is 11.7. The molecule has 102 valence electrons. The maximum Gasteiger partial charge on any atom is 0.326 e. The molecule has 1 aliphatic heterocycles. The summed E-state index contributed by atoms with van der Waals surface area (Å²) in [5, 5.41) is 22.8. The van der Waals surface area contributed by atoms with Crippen LogP contribution in [0.15, 0.2) is 0 Å². The van der Waals surface area contributed by atoms with Crippen LogP contribution in [0.25, 0.3) is 0 Å². The van der Waals surface area contributed by atoms with E-state index in [-0.39, 0.29) is 31.2 Å². The van der Waals surface area contributed by atoms with E-state index in [1.165, 1.54) is 0 Å². The molecule has 1 heterocycles. The molecule has 1 aliphatic rings. The monoisotopic (exact) mass is 258 g/mol. The molecule has 1 rings (SSSR count). The van der Waals surface area contributed by atoms with Gasteiger partial charge in [0.1, 0.15) is 6.04 Å². The van der Waals surface area contributed by atoms with Gasteiger partial charge in [-0.15, -0.1) is 0 Å². The van der Waals surface area contributed by atoms with Crippen molar-refractivity contribution in [2.24, 2.45) is 0 Å². The predicted octanol–water partition coefficient (Wildman–Crippen LogP) is -0.437. The minimum absolute atomic E-state index is 0.0959. The quantitative estimate of drug-likeness (QED) is 0.492. The third-order valence-corrected chi connectivity index (χ3v) is 2.87. The fourth-order valence-corrected chi connectivity index (χ4v) is 1.90. The van der Waals surface area contributed by atoms with Crippen molar-refractivity contribution >= 4 is 17.8 Å². The number of carboxylic acid groups (broad SMARTS) is 2. The third kappa shape index (κ3) is 4.70. The minimum Gasteiger partial charge on any atom is -0.481 e. The summed E-state index contributed by atoms with van der Waals surface area (Å²) in [5.74, 6) is -2.43. The number of rotatable bonds is 7. The van der Waals surface area contributed by atoms with Crippen LogP contribution in [0.3, 0.4) is 0 Å². The highest BCUT2D eigenvalue weighted by Gasteiger charge is 2.26. The predicted molar refractivity (Wildman–Crippen MR) is 62.1 cm³/mol. The summed E-state index contributed by atoms with van der Waals surface area (Å²) in [6.07, 6.45) is 1.86. The summed E-state index contributed by atoms with van der Waals surface area (Å²) in [6, 6.07) is -1.34. The van der Waals surface area contributed by atoms with Gasteiger partial charge in [-0.25, -0.2) is 4.79 Å². The summed E-state index contributed by atoms with van der Waals surface area (Å²) in [4.78, 5) is 33.0. The van der Waals surface area contributed by atoms with Crippen LogP contribution in [0.4, 0.5) is 0 Å². The van der Waals surface area contributed by atoms with E-state index in [0.717, 1.165) is 13.0 Å². The first-order valence-electron chi connectivity index (χ1n) is 5.99. The van der Waals surface area contributed by atoms with Crippen molar-refractivity contribution in [3.05, 3.63) is 0 Å². The average molecular weight is 258 g/mol. The Morgan fingerprint density at radius 2 is 2.06 bits per heavy atom. The van der Waals surface area contributed by atoms with E-state index in [4.69, 9.17) is 10.2 Å². The van der Waals surface area contributed by atoms with Gasteiger partial charge in [0.15, 0.2) is 0 Å². The van der Waals surface area contributed by atoms with Crippen molar-refractivity contribution in [2.75, 3.05) is 6.54 Å². The molecule has 4 N–H and O–H groups in total. The normalized spacial score (nSPS) is 20.3. The van der Waals surface area contributed by atoms with Gasteiger partial charge in [0.25, 0.3) is 0 Å².